The molecule has 1 aliphatic rings. The maximum Gasteiger partial charge on any atom is 0.123 e. The van der Waals surface area contributed by atoms with E-state index in [4.69, 9.17) is 11.5 Å². The molecule has 0 aliphatic carbocycles. The fourth-order valence-corrected chi connectivity index (χ4v) is 3.76. The largest absolute Gasteiger partial charge is 0.304 e. The van der Waals surface area contributed by atoms with Crippen molar-refractivity contribution in [2.24, 2.45) is 11.5 Å². The summed E-state index contributed by atoms with van der Waals surface area (Å²) in [5, 5.41) is 7.85. The minimum atomic E-state index is -0.415. The average Bonchev–Trinajstić information content (AvgIpc) is 3.14. The molecule has 0 atom stereocenters. The standard InChI is InChI=1S/C20H23FN6/c21-16-3-1-14(2-4-16)18-17(13-5-9-24-10-6-13)19(26-25-18)15-7-11-27(12-8-15)20(22)23/h1-6,9-10,15,20H,7-8,11-12,22-23H2,(H,25,26). The van der Waals surface area contributed by atoms with Crippen molar-refractivity contribution in [3.8, 4) is 22.4 Å². The van der Waals surface area contributed by atoms with Gasteiger partial charge >= 0.3 is 0 Å². The van der Waals surface area contributed by atoms with E-state index < -0.39 is 6.29 Å². The van der Waals surface area contributed by atoms with Crippen LogP contribution >= 0.6 is 0 Å². The predicted molar refractivity (Wildman–Crippen MR) is 103 cm³/mol. The Kier molecular flexibility index (Phi) is 4.98. The van der Waals surface area contributed by atoms with E-state index in [0.717, 1.165) is 54.0 Å². The molecule has 3 aromatic rings. The molecule has 0 amide bonds. The van der Waals surface area contributed by atoms with E-state index in [0.29, 0.717) is 5.92 Å². The number of piperidine rings is 1. The van der Waals surface area contributed by atoms with Gasteiger partial charge in [0.25, 0.3) is 0 Å². The number of halogens is 1. The molecular weight excluding hydrogens is 343 g/mol. The lowest BCUT2D eigenvalue weighted by Crippen LogP contribution is -2.51. The lowest BCUT2D eigenvalue weighted by Gasteiger charge is -2.34. The lowest BCUT2D eigenvalue weighted by molar-refractivity contribution is 0.157. The van der Waals surface area contributed by atoms with Gasteiger partial charge in [-0.25, -0.2) is 4.39 Å². The molecule has 1 saturated heterocycles. The van der Waals surface area contributed by atoms with Crippen molar-refractivity contribution in [2.45, 2.75) is 25.0 Å². The lowest BCUT2D eigenvalue weighted by atomic mass is 9.88. The number of nitrogens with one attached hydrogen (secondary N) is 1. The number of rotatable bonds is 4. The molecule has 1 aromatic carbocycles. The molecule has 0 saturated carbocycles. The number of aromatic amines is 1. The number of aromatic nitrogens is 3. The van der Waals surface area contributed by atoms with Gasteiger partial charge in [0.05, 0.1) is 0 Å². The molecule has 1 aliphatic heterocycles. The van der Waals surface area contributed by atoms with Gasteiger partial charge in [0.15, 0.2) is 0 Å². The van der Waals surface area contributed by atoms with Crippen molar-refractivity contribution in [1.82, 2.24) is 20.1 Å². The van der Waals surface area contributed by atoms with E-state index in [2.05, 4.69) is 20.1 Å². The molecular formula is C20H23FN6. The Morgan fingerprint density at radius 1 is 1.00 bits per heavy atom. The summed E-state index contributed by atoms with van der Waals surface area (Å²) in [6, 6.07) is 10.4. The summed E-state index contributed by atoms with van der Waals surface area (Å²) in [6.07, 6.45) is 5.04. The van der Waals surface area contributed by atoms with Crippen molar-refractivity contribution >= 4 is 0 Å². The Morgan fingerprint density at radius 2 is 1.67 bits per heavy atom. The van der Waals surface area contributed by atoms with Gasteiger partial charge in [-0.1, -0.05) is 0 Å². The average molecular weight is 366 g/mol. The molecule has 0 bridgehead atoms. The molecule has 27 heavy (non-hydrogen) atoms. The normalized spacial score (nSPS) is 16.1. The van der Waals surface area contributed by atoms with Gasteiger partial charge in [0.1, 0.15) is 17.8 Å². The van der Waals surface area contributed by atoms with Gasteiger partial charge in [-0.2, -0.15) is 5.10 Å². The Labute approximate surface area is 157 Å². The van der Waals surface area contributed by atoms with Gasteiger partial charge in [0.2, 0.25) is 0 Å². The molecule has 140 valence electrons. The van der Waals surface area contributed by atoms with E-state index >= 15 is 0 Å². The van der Waals surface area contributed by atoms with Gasteiger partial charge in [-0.05, 0) is 54.8 Å². The Balaban J connectivity index is 1.73. The SMILES string of the molecule is NC(N)N1CCC(c2[nH]nc(-c3ccc(F)cc3)c2-c2ccncc2)CC1. The van der Waals surface area contributed by atoms with Crippen LogP contribution in [0.2, 0.25) is 0 Å². The van der Waals surface area contributed by atoms with E-state index in [1.807, 2.05) is 12.1 Å². The molecule has 0 radical (unpaired) electrons. The summed E-state index contributed by atoms with van der Waals surface area (Å²) in [6.45, 7) is 1.70. The molecule has 5 N–H and O–H groups in total. The second kappa shape index (κ2) is 7.56. The number of H-pyrrole nitrogens is 1. The predicted octanol–water partition coefficient (Wildman–Crippen LogP) is 2.66. The molecule has 1 fully saturated rings. The molecule has 4 rings (SSSR count). The van der Waals surface area contributed by atoms with Crippen molar-refractivity contribution in [1.29, 1.82) is 0 Å². The topological polar surface area (TPSA) is 96.8 Å². The fourth-order valence-electron chi connectivity index (χ4n) is 3.76. The summed E-state index contributed by atoms with van der Waals surface area (Å²) in [5.74, 6) is 0.0790. The number of hydrogen-bond donors (Lipinski definition) is 3. The third-order valence-electron chi connectivity index (χ3n) is 5.24. The number of hydrogen-bond acceptors (Lipinski definition) is 5. The maximum absolute atomic E-state index is 13.4. The van der Waals surface area contributed by atoms with Crippen LogP contribution in [0.4, 0.5) is 4.39 Å². The Hall–Kier alpha value is -2.61. The highest BCUT2D eigenvalue weighted by Gasteiger charge is 2.28. The second-order valence-corrected chi connectivity index (χ2v) is 6.90. The molecule has 3 heterocycles. The number of likely N-dealkylation sites (tertiary alicyclic amines) is 1. The first-order chi connectivity index (χ1) is 13.1. The Bertz CT molecular complexity index is 883. The summed E-state index contributed by atoms with van der Waals surface area (Å²) < 4.78 is 13.4. The third kappa shape index (κ3) is 3.62. The van der Waals surface area contributed by atoms with Gasteiger partial charge < -0.3 is 11.5 Å². The third-order valence-corrected chi connectivity index (χ3v) is 5.24. The zero-order valence-corrected chi connectivity index (χ0v) is 15.0. The van der Waals surface area contributed by atoms with E-state index in [1.54, 1.807) is 24.5 Å². The first-order valence-corrected chi connectivity index (χ1v) is 9.13. The number of benzene rings is 1. The van der Waals surface area contributed by atoms with Crippen LogP contribution in [0.5, 0.6) is 0 Å². The highest BCUT2D eigenvalue weighted by molar-refractivity contribution is 5.82. The molecule has 6 nitrogen and oxygen atoms in total. The quantitative estimate of drug-likeness (QED) is 0.617. The molecule has 7 heteroatoms. The minimum Gasteiger partial charge on any atom is -0.304 e. The van der Waals surface area contributed by atoms with Crippen LogP contribution in [0, 0.1) is 5.82 Å². The summed E-state index contributed by atoms with van der Waals surface area (Å²) >= 11 is 0. The number of pyridine rings is 1. The first-order valence-electron chi connectivity index (χ1n) is 9.13. The molecule has 0 unspecified atom stereocenters. The summed E-state index contributed by atoms with van der Waals surface area (Å²) in [4.78, 5) is 6.21. The van der Waals surface area contributed by atoms with Crippen LogP contribution in [0.3, 0.4) is 0 Å². The van der Waals surface area contributed by atoms with Crippen LogP contribution < -0.4 is 11.5 Å². The summed E-state index contributed by atoms with van der Waals surface area (Å²) in [7, 11) is 0. The van der Waals surface area contributed by atoms with Crippen molar-refractivity contribution in [2.75, 3.05) is 13.1 Å². The minimum absolute atomic E-state index is 0.259. The van der Waals surface area contributed by atoms with Crippen molar-refractivity contribution in [3.63, 3.8) is 0 Å². The zero-order chi connectivity index (χ0) is 18.8. The second-order valence-electron chi connectivity index (χ2n) is 6.90. The summed E-state index contributed by atoms with van der Waals surface area (Å²) in [5.41, 5.74) is 16.5. The number of nitrogens with two attached hydrogens (primary N) is 2. The maximum atomic E-state index is 13.4. The van der Waals surface area contributed by atoms with E-state index in [1.165, 1.54) is 12.1 Å². The molecule has 2 aromatic heterocycles. The molecule has 0 spiro atoms. The zero-order valence-electron chi connectivity index (χ0n) is 15.0. The van der Waals surface area contributed by atoms with E-state index in [9.17, 15) is 4.39 Å². The highest BCUT2D eigenvalue weighted by Crippen LogP contribution is 2.39. The van der Waals surface area contributed by atoms with Crippen LogP contribution in [0.25, 0.3) is 22.4 Å². The van der Waals surface area contributed by atoms with E-state index in [-0.39, 0.29) is 5.82 Å². The van der Waals surface area contributed by atoms with Crippen LogP contribution in [0.1, 0.15) is 24.5 Å². The van der Waals surface area contributed by atoms with Crippen molar-refractivity contribution in [3.05, 3.63) is 60.3 Å². The fraction of sp³-hybridized carbons (Fsp3) is 0.300. The highest BCUT2D eigenvalue weighted by atomic mass is 19.1. The number of nitrogens with zero attached hydrogens (tertiary/aromatic N) is 3. The van der Waals surface area contributed by atoms with Crippen molar-refractivity contribution < 1.29 is 4.39 Å². The van der Waals surface area contributed by atoms with Gasteiger partial charge in [-0.3, -0.25) is 15.0 Å². The Morgan fingerprint density at radius 3 is 2.30 bits per heavy atom. The van der Waals surface area contributed by atoms with Crippen LogP contribution in [0.15, 0.2) is 48.8 Å². The van der Waals surface area contributed by atoms with Gasteiger partial charge in [-0.15, -0.1) is 0 Å². The van der Waals surface area contributed by atoms with Crippen LogP contribution in [-0.2, 0) is 0 Å². The van der Waals surface area contributed by atoms with Crippen LogP contribution in [-0.4, -0.2) is 39.5 Å². The first kappa shape index (κ1) is 17.8. The van der Waals surface area contributed by atoms with Gasteiger partial charge in [0, 0.05) is 48.2 Å². The monoisotopic (exact) mass is 366 g/mol. The smallest absolute Gasteiger partial charge is 0.123 e.